The number of aryl methyl sites for hydroxylation is 1. The maximum Gasteiger partial charge on any atom is 0.356 e. The second-order valence-electron chi connectivity index (χ2n) is 3.23. The number of ketones is 1. The van der Waals surface area contributed by atoms with E-state index < -0.39 is 5.97 Å². The number of carbonyl (C=O) groups is 2. The lowest BCUT2D eigenvalue weighted by molar-refractivity contribution is 0.0688. The van der Waals surface area contributed by atoms with Crippen LogP contribution in [0, 0.1) is 6.92 Å². The molecule has 2 rings (SSSR count). The minimum atomic E-state index is -1.13. The van der Waals surface area contributed by atoms with Gasteiger partial charge in [0.2, 0.25) is 0 Å². The molecule has 1 aliphatic rings. The van der Waals surface area contributed by atoms with E-state index in [0.717, 1.165) is 0 Å². The number of rotatable bonds is 1. The van der Waals surface area contributed by atoms with E-state index >= 15 is 0 Å². The highest BCUT2D eigenvalue weighted by Crippen LogP contribution is 2.17. The van der Waals surface area contributed by atoms with E-state index in [1.807, 2.05) is 0 Å². The van der Waals surface area contributed by atoms with Crippen molar-refractivity contribution in [3.05, 3.63) is 28.9 Å². The number of nitrogens with zero attached hydrogens (tertiary/aromatic N) is 2. The van der Waals surface area contributed by atoms with Crippen molar-refractivity contribution in [1.82, 2.24) is 9.97 Å². The van der Waals surface area contributed by atoms with Crippen LogP contribution in [-0.2, 0) is 0 Å². The number of aromatic nitrogens is 2. The molecule has 1 N–H and O–H groups in total. The van der Waals surface area contributed by atoms with E-state index in [-0.39, 0.29) is 22.9 Å². The molecule has 0 spiro atoms. The summed E-state index contributed by atoms with van der Waals surface area (Å²) in [4.78, 5) is 30.1. The van der Waals surface area contributed by atoms with Gasteiger partial charge in [-0.3, -0.25) is 4.79 Å². The van der Waals surface area contributed by atoms with E-state index in [0.29, 0.717) is 12.1 Å². The highest BCUT2D eigenvalue weighted by atomic mass is 16.4. The van der Waals surface area contributed by atoms with Gasteiger partial charge in [0.05, 0.1) is 11.4 Å². The predicted octanol–water partition coefficient (Wildman–Crippen LogP) is 1.08. The third-order valence-electron chi connectivity index (χ3n) is 2.14. The van der Waals surface area contributed by atoms with Crippen LogP contribution in [0.3, 0.4) is 0 Å². The van der Waals surface area contributed by atoms with Gasteiger partial charge in [-0.05, 0) is 13.0 Å². The van der Waals surface area contributed by atoms with Gasteiger partial charge in [-0.2, -0.15) is 0 Å². The molecule has 0 aromatic carbocycles. The second kappa shape index (κ2) is 3.27. The summed E-state index contributed by atoms with van der Waals surface area (Å²) in [5, 5.41) is 8.82. The zero-order valence-electron chi connectivity index (χ0n) is 8.02. The Balaban J connectivity index is 2.65. The molecule has 0 aliphatic heterocycles. The number of hydrogen-bond donors (Lipinski definition) is 1. The molecular weight excluding hydrogens is 196 g/mol. The molecule has 0 atom stereocenters. The minimum absolute atomic E-state index is 0.104. The molecule has 5 heteroatoms. The van der Waals surface area contributed by atoms with E-state index in [9.17, 15) is 9.59 Å². The maximum atomic E-state index is 11.4. The van der Waals surface area contributed by atoms with Crippen LogP contribution >= 0.6 is 0 Å². The van der Waals surface area contributed by atoms with Gasteiger partial charge in [-0.1, -0.05) is 6.08 Å². The van der Waals surface area contributed by atoms with Gasteiger partial charge < -0.3 is 5.11 Å². The van der Waals surface area contributed by atoms with E-state index in [1.165, 1.54) is 6.92 Å². The monoisotopic (exact) mass is 204 g/mol. The Labute approximate surface area is 85.5 Å². The quantitative estimate of drug-likeness (QED) is 0.740. The van der Waals surface area contributed by atoms with Crippen LogP contribution in [0.1, 0.15) is 38.8 Å². The van der Waals surface area contributed by atoms with Crippen LogP contribution in [0.15, 0.2) is 6.08 Å². The normalized spacial score (nSPS) is 13.8. The Morgan fingerprint density at radius 2 is 2.20 bits per heavy atom. The summed E-state index contributed by atoms with van der Waals surface area (Å²) in [5.74, 6) is -1.26. The zero-order valence-corrected chi connectivity index (χ0v) is 8.02. The van der Waals surface area contributed by atoms with Gasteiger partial charge in [0.25, 0.3) is 0 Å². The predicted molar refractivity (Wildman–Crippen MR) is 51.7 cm³/mol. The van der Waals surface area contributed by atoms with Crippen LogP contribution in [0.25, 0.3) is 6.08 Å². The van der Waals surface area contributed by atoms with Crippen molar-refractivity contribution in [2.75, 3.05) is 0 Å². The molecule has 1 aromatic rings. The zero-order chi connectivity index (χ0) is 11.0. The van der Waals surface area contributed by atoms with Crippen molar-refractivity contribution < 1.29 is 14.7 Å². The van der Waals surface area contributed by atoms with Crippen LogP contribution in [0.5, 0.6) is 0 Å². The Hall–Kier alpha value is -2.04. The fraction of sp³-hybridized carbons (Fsp3) is 0.200. The highest BCUT2D eigenvalue weighted by molar-refractivity contribution is 6.01. The number of allylic oxidation sites excluding steroid dienone is 1. The first kappa shape index (κ1) is 9.51. The molecule has 1 heterocycles. The number of carbonyl (C=O) groups excluding carboxylic acids is 1. The Bertz CT molecular complexity index is 492. The van der Waals surface area contributed by atoms with Gasteiger partial charge in [0, 0.05) is 6.42 Å². The van der Waals surface area contributed by atoms with Crippen LogP contribution in [0.2, 0.25) is 0 Å². The lowest BCUT2D eigenvalue weighted by atomic mass is 10.1. The van der Waals surface area contributed by atoms with Crippen molar-refractivity contribution in [2.45, 2.75) is 13.3 Å². The molecule has 0 bridgehead atoms. The Morgan fingerprint density at radius 3 is 2.87 bits per heavy atom. The molecule has 0 amide bonds. The molecule has 0 unspecified atom stereocenters. The SMILES string of the molecule is Cc1nc2c(nc1C(=O)O)C=CCC2=O. The van der Waals surface area contributed by atoms with Crippen molar-refractivity contribution in [3.63, 3.8) is 0 Å². The van der Waals surface area contributed by atoms with Gasteiger partial charge >= 0.3 is 5.97 Å². The lowest BCUT2D eigenvalue weighted by Crippen LogP contribution is -2.15. The molecule has 0 saturated heterocycles. The summed E-state index contributed by atoms with van der Waals surface area (Å²) in [6.07, 6.45) is 3.57. The van der Waals surface area contributed by atoms with Crippen molar-refractivity contribution in [1.29, 1.82) is 0 Å². The maximum absolute atomic E-state index is 11.4. The topological polar surface area (TPSA) is 80.2 Å². The van der Waals surface area contributed by atoms with E-state index in [2.05, 4.69) is 9.97 Å². The van der Waals surface area contributed by atoms with Gasteiger partial charge in [0.1, 0.15) is 5.69 Å². The lowest BCUT2D eigenvalue weighted by Gasteiger charge is -2.09. The van der Waals surface area contributed by atoms with Crippen LogP contribution < -0.4 is 0 Å². The van der Waals surface area contributed by atoms with Gasteiger partial charge in [-0.25, -0.2) is 14.8 Å². The Kier molecular flexibility index (Phi) is 2.07. The van der Waals surface area contributed by atoms with E-state index in [4.69, 9.17) is 5.11 Å². The molecular formula is C10H8N2O3. The van der Waals surface area contributed by atoms with Crippen LogP contribution in [-0.4, -0.2) is 26.8 Å². The molecule has 1 aromatic heterocycles. The number of hydrogen-bond acceptors (Lipinski definition) is 4. The summed E-state index contributed by atoms with van der Waals surface area (Å²) in [6, 6.07) is 0. The molecule has 0 fully saturated rings. The number of Topliss-reactive ketones (excluding diaryl/α,β-unsaturated/α-hetero) is 1. The summed E-state index contributed by atoms with van der Waals surface area (Å²) in [6.45, 7) is 1.53. The molecule has 15 heavy (non-hydrogen) atoms. The number of carboxylic acid groups (broad SMARTS) is 1. The van der Waals surface area contributed by atoms with Crippen molar-refractivity contribution >= 4 is 17.8 Å². The number of carboxylic acids is 1. The smallest absolute Gasteiger partial charge is 0.356 e. The summed E-state index contributed by atoms with van der Waals surface area (Å²) >= 11 is 0. The summed E-state index contributed by atoms with van der Waals surface area (Å²) in [7, 11) is 0. The van der Waals surface area contributed by atoms with Crippen molar-refractivity contribution in [2.24, 2.45) is 0 Å². The number of fused-ring (bicyclic) bond motifs is 1. The average Bonchev–Trinajstić information content (AvgIpc) is 2.18. The fourth-order valence-electron chi connectivity index (χ4n) is 1.43. The summed E-state index contributed by atoms with van der Waals surface area (Å²) in [5.41, 5.74) is 0.771. The minimum Gasteiger partial charge on any atom is -0.476 e. The standard InChI is InChI=1S/C10H8N2O3/c1-5-8(10(14)15)12-6-3-2-4-7(13)9(6)11-5/h2-3H,4H2,1H3,(H,14,15). The average molecular weight is 204 g/mol. The second-order valence-corrected chi connectivity index (χ2v) is 3.23. The van der Waals surface area contributed by atoms with Gasteiger partial charge in [0.15, 0.2) is 11.5 Å². The molecule has 0 saturated carbocycles. The third kappa shape index (κ3) is 1.52. The summed E-state index contributed by atoms with van der Waals surface area (Å²) < 4.78 is 0. The Morgan fingerprint density at radius 1 is 1.47 bits per heavy atom. The first-order chi connectivity index (χ1) is 7.09. The van der Waals surface area contributed by atoms with Crippen molar-refractivity contribution in [3.8, 4) is 0 Å². The fourth-order valence-corrected chi connectivity index (χ4v) is 1.43. The molecule has 0 radical (unpaired) electrons. The molecule has 76 valence electrons. The molecule has 1 aliphatic carbocycles. The largest absolute Gasteiger partial charge is 0.476 e. The van der Waals surface area contributed by atoms with E-state index in [1.54, 1.807) is 12.2 Å². The van der Waals surface area contributed by atoms with Crippen LogP contribution in [0.4, 0.5) is 0 Å². The number of aromatic carboxylic acids is 1. The highest BCUT2D eigenvalue weighted by Gasteiger charge is 2.20. The first-order valence-electron chi connectivity index (χ1n) is 4.41. The first-order valence-corrected chi connectivity index (χ1v) is 4.41. The third-order valence-corrected chi connectivity index (χ3v) is 2.14. The molecule has 5 nitrogen and oxygen atoms in total. The van der Waals surface area contributed by atoms with Gasteiger partial charge in [-0.15, -0.1) is 0 Å².